The van der Waals surface area contributed by atoms with E-state index >= 15 is 0 Å². The number of nitrogens with one attached hydrogen (secondary N) is 2. The molecule has 1 saturated heterocycles. The van der Waals surface area contributed by atoms with E-state index in [9.17, 15) is 13.2 Å². The molecule has 1 aliphatic rings. The van der Waals surface area contributed by atoms with Crippen molar-refractivity contribution in [1.82, 2.24) is 9.97 Å². The van der Waals surface area contributed by atoms with Crippen molar-refractivity contribution in [1.29, 1.82) is 0 Å². The molecule has 1 aromatic heterocycles. The van der Waals surface area contributed by atoms with Crippen LogP contribution in [0, 0.1) is 5.92 Å². The van der Waals surface area contributed by atoms with Crippen molar-refractivity contribution in [2.45, 2.75) is 32.9 Å². The van der Waals surface area contributed by atoms with Crippen LogP contribution in [0.1, 0.15) is 32.4 Å². The number of anilines is 3. The number of nitrogens with zero attached hydrogens (tertiary/aromatic N) is 3. The first-order chi connectivity index (χ1) is 13.6. The second kappa shape index (κ2) is 8.24. The fourth-order valence-electron chi connectivity index (χ4n) is 3.07. The number of hydrogen-bond acceptors (Lipinski definition) is 7. The van der Waals surface area contributed by atoms with Gasteiger partial charge in [-0.05, 0) is 36.6 Å². The number of carbonyl (C=O) groups is 1. The van der Waals surface area contributed by atoms with Gasteiger partial charge < -0.3 is 10.1 Å². The zero-order valence-electron chi connectivity index (χ0n) is 16.8. The average molecular weight is 420 g/mol. The van der Waals surface area contributed by atoms with Gasteiger partial charge in [0, 0.05) is 11.9 Å². The Balaban J connectivity index is 1.74. The summed E-state index contributed by atoms with van der Waals surface area (Å²) in [6.45, 7) is 6.35. The van der Waals surface area contributed by atoms with Crippen LogP contribution in [0.3, 0.4) is 0 Å². The molecule has 1 aromatic carbocycles. The largest absolute Gasteiger partial charge is 0.447 e. The van der Waals surface area contributed by atoms with Crippen molar-refractivity contribution in [3.8, 4) is 0 Å². The SMILES string of the molecule is CC(C)[C@H]1COC(=O)N1c1ccnc(N[C@H](C)c2ccc(NS(C)(=O)=O)cc2)n1. The van der Waals surface area contributed by atoms with Crippen molar-refractivity contribution in [2.75, 3.05) is 27.8 Å². The fourth-order valence-corrected chi connectivity index (χ4v) is 3.64. The lowest BCUT2D eigenvalue weighted by Gasteiger charge is -2.23. The van der Waals surface area contributed by atoms with Crippen LogP contribution in [-0.2, 0) is 14.8 Å². The highest BCUT2D eigenvalue weighted by Crippen LogP contribution is 2.27. The number of sulfonamides is 1. The number of ether oxygens (including phenoxy) is 1. The second-order valence-electron chi connectivity index (χ2n) is 7.36. The number of cyclic esters (lactones) is 1. The maximum atomic E-state index is 12.1. The van der Waals surface area contributed by atoms with Crippen molar-refractivity contribution < 1.29 is 17.9 Å². The number of aromatic nitrogens is 2. The van der Waals surface area contributed by atoms with Gasteiger partial charge in [-0.2, -0.15) is 4.98 Å². The minimum Gasteiger partial charge on any atom is -0.447 e. The highest BCUT2D eigenvalue weighted by atomic mass is 32.2. The molecule has 0 aliphatic carbocycles. The molecule has 1 aliphatic heterocycles. The lowest BCUT2D eigenvalue weighted by atomic mass is 10.0. The summed E-state index contributed by atoms with van der Waals surface area (Å²) in [7, 11) is -3.32. The summed E-state index contributed by atoms with van der Waals surface area (Å²) in [6.07, 6.45) is 2.30. The van der Waals surface area contributed by atoms with Gasteiger partial charge in [0.2, 0.25) is 16.0 Å². The number of rotatable bonds is 7. The smallest absolute Gasteiger partial charge is 0.415 e. The molecule has 29 heavy (non-hydrogen) atoms. The predicted molar refractivity (Wildman–Crippen MR) is 111 cm³/mol. The molecule has 1 fully saturated rings. The molecule has 9 nitrogen and oxygen atoms in total. The minimum atomic E-state index is -3.32. The number of hydrogen-bond donors (Lipinski definition) is 2. The van der Waals surface area contributed by atoms with E-state index in [0.717, 1.165) is 11.8 Å². The van der Waals surface area contributed by atoms with Crippen LogP contribution in [0.25, 0.3) is 0 Å². The van der Waals surface area contributed by atoms with E-state index < -0.39 is 16.1 Å². The van der Waals surface area contributed by atoms with Gasteiger partial charge in [0.05, 0.1) is 18.3 Å². The molecule has 0 bridgehead atoms. The molecule has 0 spiro atoms. The molecular weight excluding hydrogens is 394 g/mol. The maximum Gasteiger partial charge on any atom is 0.415 e. The Bertz CT molecular complexity index is 978. The van der Waals surface area contributed by atoms with Crippen LogP contribution in [0.5, 0.6) is 0 Å². The van der Waals surface area contributed by atoms with E-state index in [0.29, 0.717) is 24.1 Å². The first-order valence-corrected chi connectivity index (χ1v) is 11.2. The van der Waals surface area contributed by atoms with Crippen molar-refractivity contribution in [3.05, 3.63) is 42.1 Å². The molecule has 0 saturated carbocycles. The molecule has 1 amide bonds. The van der Waals surface area contributed by atoms with Gasteiger partial charge in [0.15, 0.2) is 0 Å². The normalized spacial score (nSPS) is 17.9. The predicted octanol–water partition coefficient (Wildman–Crippen LogP) is 3.00. The minimum absolute atomic E-state index is 0.0717. The summed E-state index contributed by atoms with van der Waals surface area (Å²) in [5, 5.41) is 3.21. The van der Waals surface area contributed by atoms with Crippen LogP contribution >= 0.6 is 0 Å². The van der Waals surface area contributed by atoms with Gasteiger partial charge in [0.1, 0.15) is 12.4 Å². The first kappa shape index (κ1) is 20.8. The Kier molecular flexibility index (Phi) is 5.92. The van der Waals surface area contributed by atoms with Gasteiger partial charge in [-0.25, -0.2) is 18.2 Å². The highest BCUT2D eigenvalue weighted by Gasteiger charge is 2.37. The summed E-state index contributed by atoms with van der Waals surface area (Å²) in [5.74, 6) is 1.10. The van der Waals surface area contributed by atoms with Gasteiger partial charge in [0.25, 0.3) is 0 Å². The molecule has 2 N–H and O–H groups in total. The number of carbonyl (C=O) groups excluding carboxylic acids is 1. The lowest BCUT2D eigenvalue weighted by molar-refractivity contribution is 0.177. The number of amides is 1. The van der Waals surface area contributed by atoms with Gasteiger partial charge in [-0.15, -0.1) is 0 Å². The Morgan fingerprint density at radius 2 is 1.86 bits per heavy atom. The molecule has 10 heteroatoms. The van der Waals surface area contributed by atoms with Gasteiger partial charge in [-0.1, -0.05) is 26.0 Å². The molecule has 3 rings (SSSR count). The topological polar surface area (TPSA) is 114 Å². The monoisotopic (exact) mass is 419 g/mol. The second-order valence-corrected chi connectivity index (χ2v) is 9.11. The van der Waals surface area contributed by atoms with E-state index in [1.54, 1.807) is 29.3 Å². The van der Waals surface area contributed by atoms with E-state index in [2.05, 4.69) is 20.0 Å². The Hall–Kier alpha value is -2.88. The summed E-state index contributed by atoms with van der Waals surface area (Å²) in [6, 6.07) is 8.51. The van der Waals surface area contributed by atoms with E-state index in [1.165, 1.54) is 0 Å². The van der Waals surface area contributed by atoms with E-state index in [4.69, 9.17) is 4.74 Å². The zero-order valence-corrected chi connectivity index (χ0v) is 17.6. The molecular formula is C19H25N5O4S. The first-order valence-electron chi connectivity index (χ1n) is 9.27. The zero-order chi connectivity index (χ0) is 21.2. The standard InChI is InChI=1S/C19H25N5O4S/c1-12(2)16-11-28-19(25)24(16)17-9-10-20-18(22-17)21-13(3)14-5-7-15(8-6-14)23-29(4,26)27/h5-10,12-13,16,23H,11H2,1-4H3,(H,20,21,22)/t13-,16-/m1/s1. The molecule has 0 radical (unpaired) electrons. The lowest BCUT2D eigenvalue weighted by Crippen LogP contribution is -2.37. The van der Waals surface area contributed by atoms with E-state index in [-0.39, 0.29) is 18.0 Å². The van der Waals surface area contributed by atoms with Crippen molar-refractivity contribution in [2.24, 2.45) is 5.92 Å². The van der Waals surface area contributed by atoms with Crippen molar-refractivity contribution in [3.63, 3.8) is 0 Å². The molecule has 2 atom stereocenters. The van der Waals surface area contributed by atoms with E-state index in [1.807, 2.05) is 32.9 Å². The Morgan fingerprint density at radius 1 is 1.17 bits per heavy atom. The molecule has 156 valence electrons. The van der Waals surface area contributed by atoms with Crippen LogP contribution in [-0.4, -0.2) is 43.4 Å². The van der Waals surface area contributed by atoms with Gasteiger partial charge in [-0.3, -0.25) is 9.62 Å². The quantitative estimate of drug-likeness (QED) is 0.709. The van der Waals surface area contributed by atoms with Gasteiger partial charge >= 0.3 is 6.09 Å². The molecule has 2 aromatic rings. The maximum absolute atomic E-state index is 12.1. The third-order valence-corrected chi connectivity index (χ3v) is 5.23. The number of benzene rings is 1. The Labute approximate surface area is 170 Å². The van der Waals surface area contributed by atoms with Crippen LogP contribution < -0.4 is 14.9 Å². The fraction of sp³-hybridized carbons (Fsp3) is 0.421. The third-order valence-electron chi connectivity index (χ3n) is 4.62. The summed E-state index contributed by atoms with van der Waals surface area (Å²) in [5.41, 5.74) is 1.42. The summed E-state index contributed by atoms with van der Waals surface area (Å²) >= 11 is 0. The Morgan fingerprint density at radius 3 is 2.48 bits per heavy atom. The van der Waals surface area contributed by atoms with Crippen LogP contribution in [0.15, 0.2) is 36.5 Å². The van der Waals surface area contributed by atoms with Crippen LogP contribution in [0.4, 0.5) is 22.2 Å². The van der Waals surface area contributed by atoms with Crippen LogP contribution in [0.2, 0.25) is 0 Å². The highest BCUT2D eigenvalue weighted by molar-refractivity contribution is 7.92. The average Bonchev–Trinajstić information content (AvgIpc) is 3.03. The third kappa shape index (κ3) is 5.14. The molecule has 2 heterocycles. The van der Waals surface area contributed by atoms with Crippen molar-refractivity contribution >= 4 is 33.6 Å². The summed E-state index contributed by atoms with van der Waals surface area (Å²) < 4.78 is 30.2. The summed E-state index contributed by atoms with van der Waals surface area (Å²) in [4.78, 5) is 22.4. The molecule has 0 unspecified atom stereocenters.